The van der Waals surface area contributed by atoms with E-state index in [-0.39, 0.29) is 0 Å². The molecule has 18 heavy (non-hydrogen) atoms. The van der Waals surface area contributed by atoms with Crippen molar-refractivity contribution < 1.29 is 9.47 Å². The van der Waals surface area contributed by atoms with E-state index in [2.05, 4.69) is 35.5 Å². The monoisotopic (exact) mass is 252 g/mol. The van der Waals surface area contributed by atoms with E-state index in [1.165, 1.54) is 0 Å². The fourth-order valence-electron chi connectivity index (χ4n) is 2.45. The molecule has 0 aromatic heterocycles. The standard InChI is InChI=1S/C14H24N2O2/c1-3-13-9-17-11-15(13)7-5-6-8-16-12-18-10-14(16)4-2/h13-14H,3-4,7-12H2,1-2H3/t13-,14-/m0/s1. The maximum atomic E-state index is 5.45. The summed E-state index contributed by atoms with van der Waals surface area (Å²) in [5.41, 5.74) is 0. The Hall–Kier alpha value is -0.600. The van der Waals surface area contributed by atoms with Crippen molar-refractivity contribution in [2.75, 3.05) is 39.8 Å². The van der Waals surface area contributed by atoms with E-state index in [0.717, 1.165) is 52.6 Å². The van der Waals surface area contributed by atoms with Crippen molar-refractivity contribution >= 4 is 0 Å². The molecule has 4 heteroatoms. The van der Waals surface area contributed by atoms with E-state index in [1.54, 1.807) is 0 Å². The quantitative estimate of drug-likeness (QED) is 0.700. The van der Waals surface area contributed by atoms with E-state index in [1.807, 2.05) is 0 Å². The molecule has 0 aliphatic carbocycles. The average molecular weight is 252 g/mol. The van der Waals surface area contributed by atoms with Gasteiger partial charge in [0.2, 0.25) is 0 Å². The molecule has 2 rings (SSSR count). The Kier molecular flexibility index (Phi) is 5.45. The molecule has 2 fully saturated rings. The van der Waals surface area contributed by atoms with E-state index < -0.39 is 0 Å². The Morgan fingerprint density at radius 1 is 0.889 bits per heavy atom. The van der Waals surface area contributed by atoms with Gasteiger partial charge in [-0.3, -0.25) is 9.80 Å². The van der Waals surface area contributed by atoms with Crippen LogP contribution in [-0.4, -0.2) is 61.6 Å². The zero-order valence-electron chi connectivity index (χ0n) is 11.5. The third-order valence-electron chi connectivity index (χ3n) is 3.80. The van der Waals surface area contributed by atoms with Crippen LogP contribution in [0.3, 0.4) is 0 Å². The van der Waals surface area contributed by atoms with Crippen LogP contribution in [0.2, 0.25) is 0 Å². The summed E-state index contributed by atoms with van der Waals surface area (Å²) in [5.74, 6) is 6.52. The van der Waals surface area contributed by atoms with Gasteiger partial charge in [0.05, 0.1) is 26.3 Å². The Morgan fingerprint density at radius 3 is 1.72 bits per heavy atom. The summed E-state index contributed by atoms with van der Waals surface area (Å²) in [6, 6.07) is 1.11. The third-order valence-corrected chi connectivity index (χ3v) is 3.80. The summed E-state index contributed by atoms with van der Waals surface area (Å²) in [5, 5.41) is 0. The highest BCUT2D eigenvalue weighted by Crippen LogP contribution is 2.12. The lowest BCUT2D eigenvalue weighted by Gasteiger charge is -2.18. The Morgan fingerprint density at radius 2 is 1.33 bits per heavy atom. The molecule has 0 aromatic rings. The Bertz CT molecular complexity index is 283. The number of ether oxygens (including phenoxy) is 2. The Balaban J connectivity index is 1.72. The second kappa shape index (κ2) is 7.10. The molecular weight excluding hydrogens is 228 g/mol. The van der Waals surface area contributed by atoms with Crippen LogP contribution in [0.25, 0.3) is 0 Å². The molecule has 0 spiro atoms. The van der Waals surface area contributed by atoms with Crippen LogP contribution in [0, 0.1) is 11.8 Å². The molecular formula is C14H24N2O2. The van der Waals surface area contributed by atoms with Crippen molar-refractivity contribution in [3.63, 3.8) is 0 Å². The molecule has 2 atom stereocenters. The van der Waals surface area contributed by atoms with Crippen LogP contribution < -0.4 is 0 Å². The van der Waals surface area contributed by atoms with Gasteiger partial charge in [-0.1, -0.05) is 25.7 Å². The molecule has 0 radical (unpaired) electrons. The SMILES string of the molecule is CC[C@H]1COCN1CC#CCN1COC[C@@H]1CC. The van der Waals surface area contributed by atoms with Gasteiger partial charge < -0.3 is 9.47 Å². The lowest BCUT2D eigenvalue weighted by Crippen LogP contribution is -2.31. The zero-order chi connectivity index (χ0) is 12.8. The maximum Gasteiger partial charge on any atom is 0.100 e. The fourth-order valence-corrected chi connectivity index (χ4v) is 2.45. The minimum Gasteiger partial charge on any atom is -0.364 e. The van der Waals surface area contributed by atoms with Gasteiger partial charge in [-0.2, -0.15) is 0 Å². The maximum absolute atomic E-state index is 5.45. The van der Waals surface area contributed by atoms with Crippen molar-refractivity contribution in [2.24, 2.45) is 0 Å². The van der Waals surface area contributed by atoms with Gasteiger partial charge in [0.1, 0.15) is 13.5 Å². The second-order valence-electron chi connectivity index (χ2n) is 4.97. The van der Waals surface area contributed by atoms with E-state index in [9.17, 15) is 0 Å². The highest BCUT2D eigenvalue weighted by atomic mass is 16.5. The lowest BCUT2D eigenvalue weighted by atomic mass is 10.2. The van der Waals surface area contributed by atoms with Gasteiger partial charge in [0, 0.05) is 12.1 Å². The molecule has 102 valence electrons. The summed E-state index contributed by atoms with van der Waals surface area (Å²) in [7, 11) is 0. The summed E-state index contributed by atoms with van der Waals surface area (Å²) < 4.78 is 10.9. The molecule has 0 unspecified atom stereocenters. The fraction of sp³-hybridized carbons (Fsp3) is 0.857. The Labute approximate surface area is 110 Å². The van der Waals surface area contributed by atoms with Crippen LogP contribution in [0.15, 0.2) is 0 Å². The molecule has 0 amide bonds. The minimum absolute atomic E-state index is 0.554. The van der Waals surface area contributed by atoms with E-state index in [0.29, 0.717) is 12.1 Å². The first-order chi connectivity index (χ1) is 8.85. The van der Waals surface area contributed by atoms with Crippen molar-refractivity contribution in [1.82, 2.24) is 9.80 Å². The average Bonchev–Trinajstić information content (AvgIpc) is 3.02. The van der Waals surface area contributed by atoms with Crippen molar-refractivity contribution in [3.8, 4) is 11.8 Å². The largest absolute Gasteiger partial charge is 0.364 e. The van der Waals surface area contributed by atoms with E-state index in [4.69, 9.17) is 9.47 Å². The molecule has 2 aliphatic rings. The molecule has 2 saturated heterocycles. The zero-order valence-corrected chi connectivity index (χ0v) is 11.5. The topological polar surface area (TPSA) is 24.9 Å². The summed E-state index contributed by atoms with van der Waals surface area (Å²) in [4.78, 5) is 4.62. The lowest BCUT2D eigenvalue weighted by molar-refractivity contribution is 0.145. The van der Waals surface area contributed by atoms with Gasteiger partial charge in [0.15, 0.2) is 0 Å². The van der Waals surface area contributed by atoms with Crippen LogP contribution in [0.5, 0.6) is 0 Å². The summed E-state index contributed by atoms with van der Waals surface area (Å²) in [6.45, 7) is 9.23. The first kappa shape index (κ1) is 13.8. The van der Waals surface area contributed by atoms with Gasteiger partial charge in [-0.15, -0.1) is 0 Å². The van der Waals surface area contributed by atoms with Gasteiger partial charge in [-0.05, 0) is 12.8 Å². The van der Waals surface area contributed by atoms with Crippen LogP contribution in [-0.2, 0) is 9.47 Å². The molecule has 0 aromatic carbocycles. The van der Waals surface area contributed by atoms with Crippen molar-refractivity contribution in [2.45, 2.75) is 38.8 Å². The molecule has 2 heterocycles. The number of hydrogen-bond acceptors (Lipinski definition) is 4. The van der Waals surface area contributed by atoms with Gasteiger partial charge in [-0.25, -0.2) is 0 Å². The number of rotatable bonds is 4. The number of hydrogen-bond donors (Lipinski definition) is 0. The molecule has 0 bridgehead atoms. The summed E-state index contributed by atoms with van der Waals surface area (Å²) in [6.07, 6.45) is 2.28. The molecule has 0 N–H and O–H groups in total. The van der Waals surface area contributed by atoms with Crippen LogP contribution >= 0.6 is 0 Å². The minimum atomic E-state index is 0.554. The van der Waals surface area contributed by atoms with Gasteiger partial charge in [0.25, 0.3) is 0 Å². The van der Waals surface area contributed by atoms with Crippen LogP contribution in [0.4, 0.5) is 0 Å². The molecule has 0 saturated carbocycles. The second-order valence-corrected chi connectivity index (χ2v) is 4.97. The third kappa shape index (κ3) is 3.46. The first-order valence-electron chi connectivity index (χ1n) is 6.94. The predicted octanol–water partition coefficient (Wildman–Crippen LogP) is 1.13. The van der Waals surface area contributed by atoms with E-state index >= 15 is 0 Å². The summed E-state index contributed by atoms with van der Waals surface area (Å²) >= 11 is 0. The van der Waals surface area contributed by atoms with Crippen molar-refractivity contribution in [3.05, 3.63) is 0 Å². The van der Waals surface area contributed by atoms with Crippen LogP contribution in [0.1, 0.15) is 26.7 Å². The van der Waals surface area contributed by atoms with Gasteiger partial charge >= 0.3 is 0 Å². The molecule has 4 nitrogen and oxygen atoms in total. The normalized spacial score (nSPS) is 29.4. The van der Waals surface area contributed by atoms with Crippen molar-refractivity contribution in [1.29, 1.82) is 0 Å². The molecule has 2 aliphatic heterocycles. The first-order valence-corrected chi connectivity index (χ1v) is 6.94. The predicted molar refractivity (Wildman–Crippen MR) is 71.0 cm³/mol. The highest BCUT2D eigenvalue weighted by molar-refractivity contribution is 5.04. The number of nitrogens with zero attached hydrogens (tertiary/aromatic N) is 2. The smallest absolute Gasteiger partial charge is 0.100 e. The highest BCUT2D eigenvalue weighted by Gasteiger charge is 2.23.